The van der Waals surface area contributed by atoms with Gasteiger partial charge in [0.15, 0.2) is 0 Å². The zero-order chi connectivity index (χ0) is 10.4. The molecule has 0 aliphatic rings. The topological polar surface area (TPSA) is 37.8 Å². The SMILES string of the molecule is CSc1cc(NCCC(C)Cl)ncn1. The van der Waals surface area contributed by atoms with Gasteiger partial charge in [-0.2, -0.15) is 0 Å². The lowest BCUT2D eigenvalue weighted by Crippen LogP contribution is -2.07. The van der Waals surface area contributed by atoms with E-state index in [0.717, 1.165) is 23.8 Å². The van der Waals surface area contributed by atoms with Crippen molar-refractivity contribution in [3.8, 4) is 0 Å². The van der Waals surface area contributed by atoms with Gasteiger partial charge in [0.1, 0.15) is 17.2 Å². The van der Waals surface area contributed by atoms with Gasteiger partial charge in [-0.25, -0.2) is 9.97 Å². The van der Waals surface area contributed by atoms with Gasteiger partial charge in [-0.15, -0.1) is 23.4 Å². The van der Waals surface area contributed by atoms with Crippen LogP contribution < -0.4 is 5.32 Å². The summed E-state index contributed by atoms with van der Waals surface area (Å²) in [6, 6.07) is 1.93. The molecule has 0 radical (unpaired) electrons. The number of halogens is 1. The Hall–Kier alpha value is -0.480. The van der Waals surface area contributed by atoms with Crippen LogP contribution in [0.4, 0.5) is 5.82 Å². The molecule has 1 N–H and O–H groups in total. The third-order valence-electron chi connectivity index (χ3n) is 1.70. The third-order valence-corrected chi connectivity index (χ3v) is 2.56. The minimum absolute atomic E-state index is 0.198. The zero-order valence-electron chi connectivity index (χ0n) is 8.33. The highest BCUT2D eigenvalue weighted by molar-refractivity contribution is 7.98. The minimum Gasteiger partial charge on any atom is -0.370 e. The number of anilines is 1. The van der Waals surface area contributed by atoms with Crippen LogP contribution in [0, 0.1) is 0 Å². The molecule has 0 aromatic carbocycles. The fourth-order valence-corrected chi connectivity index (χ4v) is 1.44. The maximum absolute atomic E-state index is 5.83. The number of thioether (sulfide) groups is 1. The lowest BCUT2D eigenvalue weighted by atomic mass is 10.3. The molecular formula is C9H14ClN3S. The van der Waals surface area contributed by atoms with Crippen LogP contribution in [0.5, 0.6) is 0 Å². The highest BCUT2D eigenvalue weighted by Crippen LogP contribution is 2.13. The van der Waals surface area contributed by atoms with Gasteiger partial charge in [0.2, 0.25) is 0 Å². The molecule has 0 saturated heterocycles. The minimum atomic E-state index is 0.198. The van der Waals surface area contributed by atoms with Crippen LogP contribution in [0.2, 0.25) is 0 Å². The second-order valence-electron chi connectivity index (χ2n) is 2.94. The van der Waals surface area contributed by atoms with Crippen molar-refractivity contribution in [1.29, 1.82) is 0 Å². The molecule has 1 aromatic heterocycles. The molecule has 3 nitrogen and oxygen atoms in total. The van der Waals surface area contributed by atoms with Crippen molar-refractivity contribution < 1.29 is 0 Å². The Morgan fingerprint density at radius 3 is 3.00 bits per heavy atom. The Bertz CT molecular complexity index is 281. The number of alkyl halides is 1. The Labute approximate surface area is 93.7 Å². The summed E-state index contributed by atoms with van der Waals surface area (Å²) in [7, 11) is 0. The number of rotatable bonds is 5. The van der Waals surface area contributed by atoms with Crippen molar-refractivity contribution in [1.82, 2.24) is 9.97 Å². The van der Waals surface area contributed by atoms with Gasteiger partial charge in [0.05, 0.1) is 0 Å². The van der Waals surface area contributed by atoms with Gasteiger partial charge < -0.3 is 5.32 Å². The number of aromatic nitrogens is 2. The van der Waals surface area contributed by atoms with Crippen LogP contribution in [0.3, 0.4) is 0 Å². The van der Waals surface area contributed by atoms with Crippen molar-refractivity contribution in [2.45, 2.75) is 23.7 Å². The molecule has 0 bridgehead atoms. The molecule has 1 unspecified atom stereocenters. The second-order valence-corrected chi connectivity index (χ2v) is 4.51. The van der Waals surface area contributed by atoms with E-state index in [2.05, 4.69) is 15.3 Å². The smallest absolute Gasteiger partial charge is 0.130 e. The molecule has 1 aromatic rings. The Morgan fingerprint density at radius 1 is 1.57 bits per heavy atom. The molecule has 0 aliphatic carbocycles. The summed E-state index contributed by atoms with van der Waals surface area (Å²) in [4.78, 5) is 8.19. The molecule has 0 amide bonds. The molecule has 0 spiro atoms. The summed E-state index contributed by atoms with van der Waals surface area (Å²) in [5, 5.41) is 4.37. The van der Waals surface area contributed by atoms with Gasteiger partial charge in [0, 0.05) is 18.0 Å². The van der Waals surface area contributed by atoms with Crippen molar-refractivity contribution in [2.75, 3.05) is 18.1 Å². The molecule has 78 valence electrons. The van der Waals surface area contributed by atoms with Gasteiger partial charge in [-0.05, 0) is 19.6 Å². The van der Waals surface area contributed by atoms with Crippen LogP contribution >= 0.6 is 23.4 Å². The molecule has 14 heavy (non-hydrogen) atoms. The first kappa shape index (κ1) is 11.6. The van der Waals surface area contributed by atoms with E-state index in [-0.39, 0.29) is 5.38 Å². The fourth-order valence-electron chi connectivity index (χ4n) is 0.947. The monoisotopic (exact) mass is 231 g/mol. The van der Waals surface area contributed by atoms with Gasteiger partial charge in [0.25, 0.3) is 0 Å². The fraction of sp³-hybridized carbons (Fsp3) is 0.556. The van der Waals surface area contributed by atoms with Crippen LogP contribution in [-0.2, 0) is 0 Å². The van der Waals surface area contributed by atoms with Gasteiger partial charge in [-0.1, -0.05) is 0 Å². The molecule has 1 atom stereocenters. The van der Waals surface area contributed by atoms with E-state index < -0.39 is 0 Å². The predicted octanol–water partition coefficient (Wildman–Crippen LogP) is 2.63. The third kappa shape index (κ3) is 4.15. The van der Waals surface area contributed by atoms with E-state index in [1.807, 2.05) is 19.2 Å². The molecular weight excluding hydrogens is 218 g/mol. The lowest BCUT2D eigenvalue weighted by Gasteiger charge is -2.06. The van der Waals surface area contributed by atoms with Crippen LogP contribution in [0.1, 0.15) is 13.3 Å². The zero-order valence-corrected chi connectivity index (χ0v) is 9.90. The summed E-state index contributed by atoms with van der Waals surface area (Å²) < 4.78 is 0. The molecule has 1 rings (SSSR count). The van der Waals surface area contributed by atoms with E-state index in [0.29, 0.717) is 0 Å². The lowest BCUT2D eigenvalue weighted by molar-refractivity contribution is 0.837. The first-order valence-electron chi connectivity index (χ1n) is 4.46. The number of hydrogen-bond donors (Lipinski definition) is 1. The Balaban J connectivity index is 2.42. The van der Waals surface area contributed by atoms with Crippen molar-refractivity contribution in [2.24, 2.45) is 0 Å². The van der Waals surface area contributed by atoms with Gasteiger partial charge >= 0.3 is 0 Å². The summed E-state index contributed by atoms with van der Waals surface area (Å²) >= 11 is 7.43. The molecule has 5 heteroatoms. The quantitative estimate of drug-likeness (QED) is 0.480. The molecule has 0 aliphatic heterocycles. The van der Waals surface area contributed by atoms with Gasteiger partial charge in [-0.3, -0.25) is 0 Å². The largest absolute Gasteiger partial charge is 0.370 e. The summed E-state index contributed by atoms with van der Waals surface area (Å²) in [5.74, 6) is 0.863. The highest BCUT2D eigenvalue weighted by atomic mass is 35.5. The molecule has 0 saturated carbocycles. The maximum atomic E-state index is 5.83. The van der Waals surface area contributed by atoms with Crippen molar-refractivity contribution in [3.63, 3.8) is 0 Å². The summed E-state index contributed by atoms with van der Waals surface area (Å²) in [6.07, 6.45) is 4.49. The molecule has 0 fully saturated rings. The highest BCUT2D eigenvalue weighted by Gasteiger charge is 1.98. The number of nitrogens with zero attached hydrogens (tertiary/aromatic N) is 2. The first-order chi connectivity index (χ1) is 6.72. The molecule has 1 heterocycles. The van der Waals surface area contributed by atoms with Crippen molar-refractivity contribution in [3.05, 3.63) is 12.4 Å². The summed E-state index contributed by atoms with van der Waals surface area (Å²) in [6.45, 7) is 2.83. The van der Waals surface area contributed by atoms with Crippen LogP contribution in [-0.4, -0.2) is 28.1 Å². The van der Waals surface area contributed by atoms with Crippen LogP contribution in [0.25, 0.3) is 0 Å². The maximum Gasteiger partial charge on any atom is 0.130 e. The van der Waals surface area contributed by atoms with E-state index in [1.54, 1.807) is 18.1 Å². The van der Waals surface area contributed by atoms with Crippen LogP contribution in [0.15, 0.2) is 17.4 Å². The van der Waals surface area contributed by atoms with E-state index in [4.69, 9.17) is 11.6 Å². The number of nitrogens with one attached hydrogen (secondary N) is 1. The van der Waals surface area contributed by atoms with E-state index >= 15 is 0 Å². The van der Waals surface area contributed by atoms with Crippen molar-refractivity contribution >= 4 is 29.2 Å². The average Bonchev–Trinajstić information content (AvgIpc) is 2.18. The summed E-state index contributed by atoms with van der Waals surface area (Å²) in [5.41, 5.74) is 0. The standard InChI is InChI=1S/C9H14ClN3S/c1-7(10)3-4-11-8-5-9(14-2)13-6-12-8/h5-7H,3-4H2,1-2H3,(H,11,12,13). The first-order valence-corrected chi connectivity index (χ1v) is 6.12. The van der Waals surface area contributed by atoms with E-state index in [1.165, 1.54) is 0 Å². The Morgan fingerprint density at radius 2 is 2.36 bits per heavy atom. The predicted molar refractivity (Wildman–Crippen MR) is 62.2 cm³/mol. The van der Waals surface area contributed by atoms with E-state index in [9.17, 15) is 0 Å². The average molecular weight is 232 g/mol. The Kier molecular flexibility index (Phi) is 5.04. The normalized spacial score (nSPS) is 12.5. The second kappa shape index (κ2) is 6.09. The number of hydrogen-bond acceptors (Lipinski definition) is 4.